The average molecular weight is 724 g/mol. The zero-order chi connectivity index (χ0) is 37.5. The van der Waals surface area contributed by atoms with E-state index in [1.165, 1.54) is 49.9 Å². The van der Waals surface area contributed by atoms with Gasteiger partial charge in [-0.15, -0.1) is 0 Å². The molecule has 10 aromatic rings. The Morgan fingerprint density at radius 1 is 0.298 bits per heavy atom. The van der Waals surface area contributed by atoms with Crippen LogP contribution in [0.1, 0.15) is 22.3 Å². The molecule has 2 aliphatic carbocycles. The van der Waals surface area contributed by atoms with Crippen LogP contribution in [0.2, 0.25) is 0 Å². The van der Waals surface area contributed by atoms with Crippen molar-refractivity contribution in [3.63, 3.8) is 0 Å². The molecule has 2 heterocycles. The summed E-state index contributed by atoms with van der Waals surface area (Å²) >= 11 is 0. The third kappa shape index (κ3) is 4.63. The first kappa shape index (κ1) is 31.8. The summed E-state index contributed by atoms with van der Waals surface area (Å²) in [4.78, 5) is 15.8. The minimum absolute atomic E-state index is 0.421. The molecule has 57 heavy (non-hydrogen) atoms. The predicted octanol–water partition coefficient (Wildman–Crippen LogP) is 13.2. The van der Waals surface area contributed by atoms with Gasteiger partial charge >= 0.3 is 0 Å². The van der Waals surface area contributed by atoms with Gasteiger partial charge in [0.2, 0.25) is 0 Å². The number of fused-ring (bicyclic) bond motifs is 13. The Labute approximate surface area is 330 Å². The number of hydrogen-bond donors (Lipinski definition) is 0. The fourth-order valence-corrected chi connectivity index (χ4v) is 9.65. The highest BCUT2D eigenvalue weighted by Gasteiger charge is 2.51. The van der Waals surface area contributed by atoms with E-state index >= 15 is 0 Å². The van der Waals surface area contributed by atoms with Crippen molar-refractivity contribution in [1.82, 2.24) is 15.0 Å². The van der Waals surface area contributed by atoms with Gasteiger partial charge in [-0.05, 0) is 80.2 Å². The van der Waals surface area contributed by atoms with Gasteiger partial charge in [-0.3, -0.25) is 0 Å². The third-order valence-electron chi connectivity index (χ3n) is 12.1. The number of rotatable bonds is 4. The summed E-state index contributed by atoms with van der Waals surface area (Å²) < 4.78 is 0. The molecule has 0 aliphatic heterocycles. The third-order valence-corrected chi connectivity index (χ3v) is 12.1. The topological polar surface area (TPSA) is 38.7 Å². The van der Waals surface area contributed by atoms with E-state index in [0.717, 1.165) is 55.6 Å². The van der Waals surface area contributed by atoms with Crippen LogP contribution in [0.15, 0.2) is 200 Å². The molecule has 0 amide bonds. The molecule has 12 rings (SSSR count). The van der Waals surface area contributed by atoms with Crippen LogP contribution in [0.3, 0.4) is 0 Å². The van der Waals surface area contributed by atoms with Gasteiger partial charge in [0.05, 0.1) is 28.0 Å². The van der Waals surface area contributed by atoms with Gasteiger partial charge in [0, 0.05) is 33.0 Å². The second kappa shape index (κ2) is 12.3. The van der Waals surface area contributed by atoms with Crippen LogP contribution in [0.4, 0.5) is 0 Å². The molecule has 0 N–H and O–H groups in total. The van der Waals surface area contributed by atoms with Gasteiger partial charge < -0.3 is 0 Å². The molecule has 1 spiro atoms. The first-order chi connectivity index (χ1) is 28.3. The lowest BCUT2D eigenvalue weighted by atomic mass is 9.70. The molecular formula is C54H33N3. The van der Waals surface area contributed by atoms with E-state index in [1.54, 1.807) is 0 Å². The number of pyridine rings is 1. The minimum Gasteiger partial charge on any atom is -0.247 e. The van der Waals surface area contributed by atoms with Crippen LogP contribution >= 0.6 is 0 Å². The molecule has 0 radical (unpaired) electrons. The summed E-state index contributed by atoms with van der Waals surface area (Å²) in [5.74, 6) is 0.678. The number of para-hydroxylation sites is 1. The molecule has 264 valence electrons. The molecular weight excluding hydrogens is 691 g/mol. The van der Waals surface area contributed by atoms with Crippen LogP contribution in [0.25, 0.3) is 89.1 Å². The molecule has 3 heteroatoms. The van der Waals surface area contributed by atoms with Crippen molar-refractivity contribution < 1.29 is 0 Å². The second-order valence-corrected chi connectivity index (χ2v) is 15.1. The van der Waals surface area contributed by atoms with E-state index in [0.29, 0.717) is 5.82 Å². The van der Waals surface area contributed by atoms with E-state index in [1.807, 2.05) is 12.1 Å². The van der Waals surface area contributed by atoms with E-state index in [2.05, 4.69) is 188 Å². The van der Waals surface area contributed by atoms with Gasteiger partial charge in [-0.25, -0.2) is 15.0 Å². The van der Waals surface area contributed by atoms with Gasteiger partial charge in [0.25, 0.3) is 0 Å². The molecule has 2 aliphatic rings. The van der Waals surface area contributed by atoms with Gasteiger partial charge in [0.15, 0.2) is 5.82 Å². The largest absolute Gasteiger partial charge is 0.247 e. The quantitative estimate of drug-likeness (QED) is 0.170. The first-order valence-corrected chi connectivity index (χ1v) is 19.5. The Balaban J connectivity index is 1.11. The van der Waals surface area contributed by atoms with Crippen molar-refractivity contribution in [2.45, 2.75) is 5.41 Å². The van der Waals surface area contributed by atoms with Crippen LogP contribution in [0, 0.1) is 0 Å². The Hall–Kier alpha value is -7.49. The van der Waals surface area contributed by atoms with Crippen LogP contribution in [-0.2, 0) is 5.41 Å². The molecule has 0 unspecified atom stereocenters. The number of aromatic nitrogens is 3. The van der Waals surface area contributed by atoms with E-state index in [9.17, 15) is 0 Å². The highest BCUT2D eigenvalue weighted by Crippen LogP contribution is 2.63. The van der Waals surface area contributed by atoms with Crippen molar-refractivity contribution in [2.24, 2.45) is 0 Å². The highest BCUT2D eigenvalue weighted by atomic mass is 14.9. The van der Waals surface area contributed by atoms with Crippen molar-refractivity contribution in [2.75, 3.05) is 0 Å². The van der Waals surface area contributed by atoms with Gasteiger partial charge in [-0.2, -0.15) is 0 Å². The molecule has 0 bridgehead atoms. The van der Waals surface area contributed by atoms with Crippen molar-refractivity contribution in [3.05, 3.63) is 222 Å². The van der Waals surface area contributed by atoms with Crippen molar-refractivity contribution in [3.8, 4) is 67.4 Å². The lowest BCUT2D eigenvalue weighted by Gasteiger charge is -2.30. The highest BCUT2D eigenvalue weighted by molar-refractivity contribution is 6.14. The SMILES string of the molecule is c1ccc(-c2cc(-c3ccccc3)nc(-c3cccc(-c4nc5ccccc5c5cc6c(cc45)-c4ccccc4C64c5ccccc5-c5ccccc54)c3)n2)cc1. The summed E-state index contributed by atoms with van der Waals surface area (Å²) in [6.07, 6.45) is 0. The van der Waals surface area contributed by atoms with Crippen molar-refractivity contribution >= 4 is 21.7 Å². The molecule has 0 atom stereocenters. The summed E-state index contributed by atoms with van der Waals surface area (Å²) in [6, 6.07) is 71.9. The van der Waals surface area contributed by atoms with Crippen LogP contribution in [-0.4, -0.2) is 15.0 Å². The smallest absolute Gasteiger partial charge is 0.160 e. The zero-order valence-electron chi connectivity index (χ0n) is 30.9. The maximum atomic E-state index is 5.44. The van der Waals surface area contributed by atoms with Crippen LogP contribution in [0.5, 0.6) is 0 Å². The lowest BCUT2D eigenvalue weighted by molar-refractivity contribution is 0.795. The molecule has 3 nitrogen and oxygen atoms in total. The predicted molar refractivity (Wildman–Crippen MR) is 233 cm³/mol. The molecule has 0 saturated carbocycles. The van der Waals surface area contributed by atoms with Crippen LogP contribution < -0.4 is 0 Å². The summed E-state index contributed by atoms with van der Waals surface area (Å²) in [7, 11) is 0. The fraction of sp³-hybridized carbons (Fsp3) is 0.0185. The number of nitrogens with zero attached hydrogens (tertiary/aromatic N) is 3. The lowest BCUT2D eigenvalue weighted by Crippen LogP contribution is -2.25. The molecule has 8 aromatic carbocycles. The Kier molecular flexibility index (Phi) is 6.84. The second-order valence-electron chi connectivity index (χ2n) is 15.1. The minimum atomic E-state index is -0.421. The first-order valence-electron chi connectivity index (χ1n) is 19.5. The number of benzene rings is 8. The van der Waals surface area contributed by atoms with Gasteiger partial charge in [-0.1, -0.05) is 170 Å². The Bertz CT molecular complexity index is 3140. The van der Waals surface area contributed by atoms with E-state index in [-0.39, 0.29) is 0 Å². The zero-order valence-corrected chi connectivity index (χ0v) is 30.9. The normalized spacial score (nSPS) is 13.1. The Morgan fingerprint density at radius 2 is 0.807 bits per heavy atom. The molecule has 0 fully saturated rings. The number of hydrogen-bond acceptors (Lipinski definition) is 3. The monoisotopic (exact) mass is 723 g/mol. The fourth-order valence-electron chi connectivity index (χ4n) is 9.65. The standard InChI is InChI=1S/C54H33N3/c1-3-16-34(17-4-1)50-33-51(35-18-5-2-6-19-35)57-53(56-50)37-21-15-20-36(30-37)52-44-31-43-40-24-9-13-28-47(40)54(48(43)32-42(44)41-25-10-14-29-49(41)55-52)45-26-11-7-22-38(45)39-23-8-12-27-46(39)54/h1-33H. The van der Waals surface area contributed by atoms with Gasteiger partial charge in [0.1, 0.15) is 0 Å². The molecule has 0 saturated heterocycles. The summed E-state index contributed by atoms with van der Waals surface area (Å²) in [6.45, 7) is 0. The Morgan fingerprint density at radius 3 is 1.44 bits per heavy atom. The summed E-state index contributed by atoms with van der Waals surface area (Å²) in [5, 5.41) is 3.47. The van der Waals surface area contributed by atoms with E-state index in [4.69, 9.17) is 15.0 Å². The van der Waals surface area contributed by atoms with E-state index < -0.39 is 5.41 Å². The molecule has 2 aromatic heterocycles. The summed E-state index contributed by atoms with van der Waals surface area (Å²) in [5.41, 5.74) is 17.8. The van der Waals surface area contributed by atoms with Crippen molar-refractivity contribution in [1.29, 1.82) is 0 Å². The maximum Gasteiger partial charge on any atom is 0.160 e. The average Bonchev–Trinajstić information content (AvgIpc) is 3.75. The maximum absolute atomic E-state index is 5.44.